The first-order chi connectivity index (χ1) is 12.5. The maximum absolute atomic E-state index is 12.8. The standard InChI is InChI=1S/C21H28ClNO3/c22-19-2-1-13(6-17(25)11-24)7-18(19)20(26)23-12-21-8-14-3-15(9-21)5-16(4-14)10-21/h1-2,7,14-17,24-25H,3-6,8-12H2,(H,23,26). The Morgan fingerprint density at radius 2 is 1.81 bits per heavy atom. The predicted octanol–water partition coefficient (Wildman–Crippen LogP) is 3.18. The fraction of sp³-hybridized carbons (Fsp3) is 0.667. The van der Waals surface area contributed by atoms with Crippen LogP contribution in [0.4, 0.5) is 0 Å². The second-order valence-corrected chi connectivity index (χ2v) is 9.36. The predicted molar refractivity (Wildman–Crippen MR) is 101 cm³/mol. The normalized spacial score (nSPS) is 33.3. The molecule has 26 heavy (non-hydrogen) atoms. The third kappa shape index (κ3) is 3.64. The monoisotopic (exact) mass is 377 g/mol. The molecule has 0 heterocycles. The molecule has 0 aromatic heterocycles. The van der Waals surface area contributed by atoms with Crippen LogP contribution in [-0.2, 0) is 6.42 Å². The number of hydrogen-bond donors (Lipinski definition) is 3. The summed E-state index contributed by atoms with van der Waals surface area (Å²) in [5, 5.41) is 22.2. The van der Waals surface area contributed by atoms with Crippen molar-refractivity contribution in [2.24, 2.45) is 23.2 Å². The lowest BCUT2D eigenvalue weighted by Gasteiger charge is -2.56. The number of amides is 1. The van der Waals surface area contributed by atoms with Crippen molar-refractivity contribution in [3.8, 4) is 0 Å². The third-order valence-electron chi connectivity index (χ3n) is 6.75. The maximum atomic E-state index is 12.8. The number of rotatable bonds is 6. The van der Waals surface area contributed by atoms with Crippen LogP contribution in [0.5, 0.6) is 0 Å². The lowest BCUT2D eigenvalue weighted by Crippen LogP contribution is -2.51. The number of carbonyl (C=O) groups excluding carboxylic acids is 1. The minimum atomic E-state index is -0.820. The smallest absolute Gasteiger partial charge is 0.252 e. The van der Waals surface area contributed by atoms with E-state index in [0.717, 1.165) is 29.9 Å². The molecule has 0 spiro atoms. The molecule has 1 aromatic carbocycles. The second kappa shape index (κ2) is 7.14. The molecule has 4 fully saturated rings. The van der Waals surface area contributed by atoms with Gasteiger partial charge in [0.1, 0.15) is 0 Å². The van der Waals surface area contributed by atoms with Crippen LogP contribution in [0.2, 0.25) is 5.02 Å². The summed E-state index contributed by atoms with van der Waals surface area (Å²) in [4.78, 5) is 12.8. The summed E-state index contributed by atoms with van der Waals surface area (Å²) in [6.45, 7) is 0.450. The van der Waals surface area contributed by atoms with Crippen molar-refractivity contribution in [2.75, 3.05) is 13.2 Å². The van der Waals surface area contributed by atoms with Crippen molar-refractivity contribution < 1.29 is 15.0 Å². The van der Waals surface area contributed by atoms with Crippen molar-refractivity contribution in [3.63, 3.8) is 0 Å². The van der Waals surface area contributed by atoms with Crippen molar-refractivity contribution in [3.05, 3.63) is 34.3 Å². The SMILES string of the molecule is O=C(NCC12CC3CC(CC(C3)C1)C2)c1cc(CC(O)CO)ccc1Cl. The quantitative estimate of drug-likeness (QED) is 0.713. The Labute approximate surface area is 159 Å². The minimum Gasteiger partial charge on any atom is -0.394 e. The minimum absolute atomic E-state index is 0.133. The number of aliphatic hydroxyl groups excluding tert-OH is 2. The topological polar surface area (TPSA) is 69.6 Å². The zero-order valence-electron chi connectivity index (χ0n) is 15.1. The van der Waals surface area contributed by atoms with Gasteiger partial charge in [0.2, 0.25) is 0 Å². The summed E-state index contributed by atoms with van der Waals surface area (Å²) in [7, 11) is 0. The molecule has 3 N–H and O–H groups in total. The van der Waals surface area contributed by atoms with Crippen LogP contribution in [0.15, 0.2) is 18.2 Å². The Morgan fingerprint density at radius 1 is 1.19 bits per heavy atom. The van der Waals surface area contributed by atoms with Gasteiger partial charge in [-0.2, -0.15) is 0 Å². The molecule has 5 rings (SSSR count). The highest BCUT2D eigenvalue weighted by molar-refractivity contribution is 6.33. The van der Waals surface area contributed by atoms with Crippen LogP contribution in [-0.4, -0.2) is 35.4 Å². The van der Waals surface area contributed by atoms with Crippen LogP contribution >= 0.6 is 11.6 Å². The van der Waals surface area contributed by atoms with E-state index < -0.39 is 6.10 Å². The zero-order valence-corrected chi connectivity index (χ0v) is 15.8. The van der Waals surface area contributed by atoms with E-state index in [-0.39, 0.29) is 12.5 Å². The summed E-state index contributed by atoms with van der Waals surface area (Å²) < 4.78 is 0. The first-order valence-corrected chi connectivity index (χ1v) is 10.2. The number of carbonyl (C=O) groups is 1. The molecule has 5 heteroatoms. The lowest BCUT2D eigenvalue weighted by molar-refractivity contribution is -0.0503. The van der Waals surface area contributed by atoms with Gasteiger partial charge in [0.25, 0.3) is 5.91 Å². The van der Waals surface area contributed by atoms with E-state index in [1.54, 1.807) is 18.2 Å². The van der Waals surface area contributed by atoms with E-state index in [4.69, 9.17) is 16.7 Å². The van der Waals surface area contributed by atoms with E-state index in [0.29, 0.717) is 22.4 Å². The molecule has 4 aliphatic rings. The Balaban J connectivity index is 1.43. The van der Waals surface area contributed by atoms with Gasteiger partial charge in [-0.15, -0.1) is 0 Å². The lowest BCUT2D eigenvalue weighted by atomic mass is 9.49. The maximum Gasteiger partial charge on any atom is 0.252 e. The molecule has 0 aliphatic heterocycles. The molecule has 0 saturated heterocycles. The average molecular weight is 378 g/mol. The van der Waals surface area contributed by atoms with E-state index >= 15 is 0 Å². The van der Waals surface area contributed by atoms with Gasteiger partial charge in [-0.1, -0.05) is 17.7 Å². The van der Waals surface area contributed by atoms with Crippen LogP contribution in [0, 0.1) is 23.2 Å². The third-order valence-corrected chi connectivity index (χ3v) is 7.08. The fourth-order valence-corrected chi connectivity index (χ4v) is 6.28. The van der Waals surface area contributed by atoms with Crippen LogP contribution < -0.4 is 5.32 Å². The molecular weight excluding hydrogens is 350 g/mol. The molecule has 1 aromatic rings. The van der Waals surface area contributed by atoms with Crippen LogP contribution in [0.1, 0.15) is 54.4 Å². The molecule has 4 aliphatic carbocycles. The number of benzene rings is 1. The number of halogens is 1. The summed E-state index contributed by atoms with van der Waals surface area (Å²) >= 11 is 6.24. The summed E-state index contributed by atoms with van der Waals surface area (Å²) in [6, 6.07) is 5.22. The highest BCUT2D eigenvalue weighted by Crippen LogP contribution is 2.59. The van der Waals surface area contributed by atoms with Gasteiger partial charge in [-0.25, -0.2) is 0 Å². The average Bonchev–Trinajstić information content (AvgIpc) is 2.60. The van der Waals surface area contributed by atoms with Gasteiger partial charge >= 0.3 is 0 Å². The van der Waals surface area contributed by atoms with Crippen molar-refractivity contribution >= 4 is 17.5 Å². The Kier molecular flexibility index (Phi) is 5.02. The van der Waals surface area contributed by atoms with Crippen molar-refractivity contribution in [2.45, 2.75) is 51.0 Å². The Bertz CT molecular complexity index is 655. The van der Waals surface area contributed by atoms with E-state index in [2.05, 4.69) is 5.32 Å². The van der Waals surface area contributed by atoms with Crippen LogP contribution in [0.3, 0.4) is 0 Å². The number of aliphatic hydroxyl groups is 2. The van der Waals surface area contributed by atoms with Gasteiger partial charge < -0.3 is 15.5 Å². The van der Waals surface area contributed by atoms with Gasteiger partial charge in [0, 0.05) is 13.0 Å². The zero-order chi connectivity index (χ0) is 18.3. The van der Waals surface area contributed by atoms with Gasteiger partial charge in [-0.3, -0.25) is 4.79 Å². The van der Waals surface area contributed by atoms with Gasteiger partial charge in [0.05, 0.1) is 23.3 Å². The van der Waals surface area contributed by atoms with Crippen molar-refractivity contribution in [1.82, 2.24) is 5.32 Å². The molecule has 1 amide bonds. The van der Waals surface area contributed by atoms with Gasteiger partial charge in [-0.05, 0) is 79.4 Å². The first kappa shape index (κ1) is 18.3. The number of hydrogen-bond acceptors (Lipinski definition) is 3. The highest BCUT2D eigenvalue weighted by Gasteiger charge is 2.50. The highest BCUT2D eigenvalue weighted by atomic mass is 35.5. The van der Waals surface area contributed by atoms with Crippen molar-refractivity contribution in [1.29, 1.82) is 0 Å². The molecule has 4 nitrogen and oxygen atoms in total. The summed E-state index contributed by atoms with van der Waals surface area (Å²) in [6.07, 6.45) is 7.46. The largest absolute Gasteiger partial charge is 0.394 e. The van der Waals surface area contributed by atoms with Gasteiger partial charge in [0.15, 0.2) is 0 Å². The van der Waals surface area contributed by atoms with E-state index in [9.17, 15) is 9.90 Å². The molecule has 1 unspecified atom stereocenters. The second-order valence-electron chi connectivity index (χ2n) is 8.95. The van der Waals surface area contributed by atoms with E-state index in [1.165, 1.54) is 38.5 Å². The summed E-state index contributed by atoms with van der Waals surface area (Å²) in [5.74, 6) is 2.46. The van der Waals surface area contributed by atoms with Crippen LogP contribution in [0.25, 0.3) is 0 Å². The van der Waals surface area contributed by atoms with E-state index in [1.807, 2.05) is 0 Å². The number of nitrogens with one attached hydrogen (secondary N) is 1. The molecule has 4 saturated carbocycles. The molecule has 4 bridgehead atoms. The molecule has 1 atom stereocenters. The fourth-order valence-electron chi connectivity index (χ4n) is 6.08. The first-order valence-electron chi connectivity index (χ1n) is 9.82. The Hall–Kier alpha value is -1.10. The summed E-state index contributed by atoms with van der Waals surface area (Å²) in [5.41, 5.74) is 1.55. The Morgan fingerprint density at radius 3 is 2.38 bits per heavy atom. The molecule has 142 valence electrons. The molecule has 0 radical (unpaired) electrons. The molecular formula is C21H28ClNO3.